The predicted molar refractivity (Wildman–Crippen MR) is 69.3 cm³/mol. The minimum absolute atomic E-state index is 0.188. The van der Waals surface area contributed by atoms with Crippen LogP contribution in [0, 0.1) is 11.3 Å². The summed E-state index contributed by atoms with van der Waals surface area (Å²) in [7, 11) is 0. The lowest BCUT2D eigenvalue weighted by molar-refractivity contribution is 0.0272. The van der Waals surface area contributed by atoms with E-state index >= 15 is 0 Å². The number of amides is 1. The Morgan fingerprint density at radius 1 is 1.44 bits per heavy atom. The van der Waals surface area contributed by atoms with Crippen molar-refractivity contribution in [2.45, 2.75) is 52.1 Å². The largest absolute Gasteiger partial charge is 0.444 e. The van der Waals surface area contributed by atoms with Crippen molar-refractivity contribution in [3.8, 4) is 0 Å². The Kier molecular flexibility index (Phi) is 3.58. The van der Waals surface area contributed by atoms with Crippen molar-refractivity contribution in [2.24, 2.45) is 11.3 Å². The molecule has 1 amide bonds. The highest BCUT2D eigenvalue weighted by Crippen LogP contribution is 2.48. The van der Waals surface area contributed by atoms with Crippen molar-refractivity contribution in [1.82, 2.24) is 4.90 Å². The Balaban J connectivity index is 1.91. The summed E-state index contributed by atoms with van der Waals surface area (Å²) in [4.78, 5) is 13.8. The van der Waals surface area contributed by atoms with E-state index in [1.165, 1.54) is 0 Å². The highest BCUT2D eigenvalue weighted by molar-refractivity contribution is 5.68. The molecule has 1 saturated carbocycles. The van der Waals surface area contributed by atoms with Gasteiger partial charge >= 0.3 is 6.09 Å². The standard InChI is InChI=1S/C14H25NO3/c1-13(2,3)18-12(17)15-7-6-14(10-15)5-4-11(8-14)9-16/h11,16H,4-10H2,1-3H3/t11-,14+/m0/s1. The van der Waals surface area contributed by atoms with E-state index in [2.05, 4.69) is 0 Å². The first-order valence-corrected chi connectivity index (χ1v) is 6.92. The molecule has 1 aliphatic carbocycles. The fourth-order valence-electron chi connectivity index (χ4n) is 3.27. The molecule has 1 aliphatic heterocycles. The van der Waals surface area contributed by atoms with Crippen LogP contribution in [0.3, 0.4) is 0 Å². The lowest BCUT2D eigenvalue weighted by atomic mass is 9.84. The van der Waals surface area contributed by atoms with Gasteiger partial charge in [-0.1, -0.05) is 0 Å². The summed E-state index contributed by atoms with van der Waals surface area (Å²) in [5.74, 6) is 0.434. The Morgan fingerprint density at radius 2 is 2.17 bits per heavy atom. The van der Waals surface area contributed by atoms with E-state index in [1.807, 2.05) is 25.7 Å². The molecule has 2 fully saturated rings. The van der Waals surface area contributed by atoms with Crippen molar-refractivity contribution in [1.29, 1.82) is 0 Å². The lowest BCUT2D eigenvalue weighted by Crippen LogP contribution is -2.36. The van der Waals surface area contributed by atoms with Gasteiger partial charge in [-0.3, -0.25) is 0 Å². The van der Waals surface area contributed by atoms with Crippen LogP contribution in [-0.2, 0) is 4.74 Å². The maximum absolute atomic E-state index is 12.0. The molecular weight excluding hydrogens is 230 g/mol. The van der Waals surface area contributed by atoms with Crippen LogP contribution in [0.25, 0.3) is 0 Å². The van der Waals surface area contributed by atoms with Crippen LogP contribution in [-0.4, -0.2) is 41.4 Å². The maximum atomic E-state index is 12.0. The number of hydrogen-bond acceptors (Lipinski definition) is 3. The van der Waals surface area contributed by atoms with Crippen molar-refractivity contribution < 1.29 is 14.6 Å². The normalized spacial score (nSPS) is 32.2. The van der Waals surface area contributed by atoms with E-state index in [0.717, 1.165) is 38.8 Å². The Morgan fingerprint density at radius 3 is 2.72 bits per heavy atom. The summed E-state index contributed by atoms with van der Waals surface area (Å²) >= 11 is 0. The van der Waals surface area contributed by atoms with E-state index in [1.54, 1.807) is 0 Å². The molecule has 4 nitrogen and oxygen atoms in total. The molecule has 0 aromatic rings. The van der Waals surface area contributed by atoms with Gasteiger partial charge in [-0.05, 0) is 57.8 Å². The molecule has 0 aromatic carbocycles. The van der Waals surface area contributed by atoms with Crippen molar-refractivity contribution in [2.75, 3.05) is 19.7 Å². The third kappa shape index (κ3) is 2.97. The molecular formula is C14H25NO3. The number of ether oxygens (including phenoxy) is 1. The summed E-state index contributed by atoms with van der Waals surface area (Å²) < 4.78 is 5.42. The first-order valence-electron chi connectivity index (χ1n) is 6.92. The number of hydrogen-bond donors (Lipinski definition) is 1. The molecule has 1 heterocycles. The van der Waals surface area contributed by atoms with Crippen LogP contribution >= 0.6 is 0 Å². The van der Waals surface area contributed by atoms with Gasteiger partial charge in [0.15, 0.2) is 0 Å². The number of rotatable bonds is 1. The monoisotopic (exact) mass is 255 g/mol. The SMILES string of the molecule is CC(C)(C)OC(=O)N1CC[C@@]2(CC[C@H](CO)C2)C1. The minimum Gasteiger partial charge on any atom is -0.444 e. The molecule has 0 unspecified atom stereocenters. The van der Waals surface area contributed by atoms with Crippen LogP contribution in [0.5, 0.6) is 0 Å². The first kappa shape index (κ1) is 13.7. The number of likely N-dealkylation sites (tertiary alicyclic amines) is 1. The first-order chi connectivity index (χ1) is 8.34. The Labute approximate surface area is 109 Å². The number of carbonyl (C=O) groups excluding carboxylic acids is 1. The number of nitrogens with zero attached hydrogens (tertiary/aromatic N) is 1. The smallest absolute Gasteiger partial charge is 0.410 e. The van der Waals surface area contributed by atoms with E-state index in [4.69, 9.17) is 4.74 Å². The second-order valence-corrected chi connectivity index (χ2v) is 6.94. The van der Waals surface area contributed by atoms with Crippen molar-refractivity contribution >= 4 is 6.09 Å². The van der Waals surface area contributed by atoms with Gasteiger partial charge < -0.3 is 14.7 Å². The van der Waals surface area contributed by atoms with E-state index in [0.29, 0.717) is 5.92 Å². The molecule has 18 heavy (non-hydrogen) atoms. The molecule has 1 saturated heterocycles. The number of aliphatic hydroxyl groups excluding tert-OH is 1. The third-order valence-electron chi connectivity index (χ3n) is 4.15. The fourth-order valence-corrected chi connectivity index (χ4v) is 3.27. The summed E-state index contributed by atoms with van der Waals surface area (Å²) in [5, 5.41) is 9.23. The zero-order valence-electron chi connectivity index (χ0n) is 11.7. The number of carbonyl (C=O) groups is 1. The summed E-state index contributed by atoms with van der Waals surface area (Å²) in [6, 6.07) is 0. The van der Waals surface area contributed by atoms with Crippen LogP contribution in [0.2, 0.25) is 0 Å². The van der Waals surface area contributed by atoms with Crippen LogP contribution < -0.4 is 0 Å². The van der Waals surface area contributed by atoms with E-state index < -0.39 is 5.60 Å². The summed E-state index contributed by atoms with van der Waals surface area (Å²) in [6.45, 7) is 7.58. The lowest BCUT2D eigenvalue weighted by Gasteiger charge is -2.27. The van der Waals surface area contributed by atoms with Gasteiger partial charge in [-0.25, -0.2) is 4.79 Å². The molecule has 2 atom stereocenters. The molecule has 104 valence electrons. The van der Waals surface area contributed by atoms with Crippen molar-refractivity contribution in [3.05, 3.63) is 0 Å². The third-order valence-corrected chi connectivity index (χ3v) is 4.15. The Bertz CT molecular complexity index is 323. The Hall–Kier alpha value is -0.770. The molecule has 2 rings (SSSR count). The summed E-state index contributed by atoms with van der Waals surface area (Å²) in [6.07, 6.45) is 4.16. The molecule has 0 radical (unpaired) electrons. The van der Waals surface area contributed by atoms with Gasteiger partial charge in [0.1, 0.15) is 5.60 Å². The zero-order valence-corrected chi connectivity index (χ0v) is 11.7. The number of aliphatic hydroxyl groups is 1. The van der Waals surface area contributed by atoms with Crippen LogP contribution in [0.15, 0.2) is 0 Å². The molecule has 4 heteroatoms. The quantitative estimate of drug-likeness (QED) is 0.782. The molecule has 1 N–H and O–H groups in total. The molecule has 0 bridgehead atoms. The zero-order chi connectivity index (χ0) is 13.4. The van der Waals surface area contributed by atoms with E-state index in [9.17, 15) is 9.90 Å². The van der Waals surface area contributed by atoms with Gasteiger partial charge in [0, 0.05) is 19.7 Å². The predicted octanol–water partition coefficient (Wildman–Crippen LogP) is 2.41. The van der Waals surface area contributed by atoms with Crippen molar-refractivity contribution in [3.63, 3.8) is 0 Å². The average Bonchev–Trinajstić information content (AvgIpc) is 2.84. The topological polar surface area (TPSA) is 49.8 Å². The van der Waals surface area contributed by atoms with Crippen LogP contribution in [0.4, 0.5) is 4.79 Å². The van der Waals surface area contributed by atoms with Gasteiger partial charge in [-0.2, -0.15) is 0 Å². The molecule has 2 aliphatic rings. The van der Waals surface area contributed by atoms with Gasteiger partial charge in [0.25, 0.3) is 0 Å². The van der Waals surface area contributed by atoms with Gasteiger partial charge in [0.2, 0.25) is 0 Å². The second kappa shape index (κ2) is 4.72. The highest BCUT2D eigenvalue weighted by Gasteiger charge is 2.45. The average molecular weight is 255 g/mol. The minimum atomic E-state index is -0.420. The maximum Gasteiger partial charge on any atom is 0.410 e. The van der Waals surface area contributed by atoms with Crippen LogP contribution in [0.1, 0.15) is 46.5 Å². The summed E-state index contributed by atoms with van der Waals surface area (Å²) in [5.41, 5.74) is -0.166. The molecule has 0 aromatic heterocycles. The second-order valence-electron chi connectivity index (χ2n) is 6.94. The van der Waals surface area contributed by atoms with Gasteiger partial charge in [-0.15, -0.1) is 0 Å². The van der Waals surface area contributed by atoms with E-state index in [-0.39, 0.29) is 18.1 Å². The van der Waals surface area contributed by atoms with Gasteiger partial charge in [0.05, 0.1) is 0 Å². The highest BCUT2D eigenvalue weighted by atomic mass is 16.6. The molecule has 1 spiro atoms. The fraction of sp³-hybridized carbons (Fsp3) is 0.929.